The Morgan fingerprint density at radius 3 is 2.39 bits per heavy atom. The molecule has 0 aliphatic carbocycles. The van der Waals surface area contributed by atoms with E-state index in [2.05, 4.69) is 35.2 Å². The lowest BCUT2D eigenvalue weighted by atomic mass is 9.90. The molecule has 1 aromatic heterocycles. The zero-order valence-electron chi connectivity index (χ0n) is 23.1. The molecule has 2 fully saturated rings. The first-order valence-corrected chi connectivity index (χ1v) is 15.0. The standard InChI is InChI=1S/C32H31FN4O2S2/c1-3-36-29(35-15-13-23(14-16-35)17-22-7-5-4-6-8-22)26(21(2)27(19-34)30(36)38)18-28-31(39)37(32(40)41-28)20-24-9-11-25(33)12-10-24/h4-12,18,23H,3,13-17,20H2,1-2H3. The number of carbonyl (C=O) groups excluding carboxylic acids is 1. The second-order valence-corrected chi connectivity index (χ2v) is 12.1. The third-order valence-corrected chi connectivity index (χ3v) is 9.22. The third kappa shape index (κ3) is 5.99. The molecule has 5 rings (SSSR count). The van der Waals surface area contributed by atoms with Crippen LogP contribution in [0.3, 0.4) is 0 Å². The monoisotopic (exact) mass is 586 g/mol. The van der Waals surface area contributed by atoms with Crippen LogP contribution in [-0.2, 0) is 24.3 Å². The van der Waals surface area contributed by atoms with Gasteiger partial charge in [-0.25, -0.2) is 4.39 Å². The van der Waals surface area contributed by atoms with Crippen LogP contribution in [0, 0.1) is 30.0 Å². The molecule has 3 heterocycles. The zero-order valence-corrected chi connectivity index (χ0v) is 24.7. The smallest absolute Gasteiger partial charge is 0.270 e. The van der Waals surface area contributed by atoms with Crippen LogP contribution in [0.2, 0.25) is 0 Å². The summed E-state index contributed by atoms with van der Waals surface area (Å²) in [6, 6.07) is 18.6. The Hall–Kier alpha value is -3.74. The summed E-state index contributed by atoms with van der Waals surface area (Å²) in [7, 11) is 0. The number of thiocarbonyl (C=S) groups is 1. The molecule has 6 nitrogen and oxygen atoms in total. The van der Waals surface area contributed by atoms with E-state index < -0.39 is 0 Å². The van der Waals surface area contributed by atoms with E-state index >= 15 is 0 Å². The molecule has 0 atom stereocenters. The average molecular weight is 587 g/mol. The van der Waals surface area contributed by atoms with Gasteiger partial charge >= 0.3 is 0 Å². The van der Waals surface area contributed by atoms with E-state index in [-0.39, 0.29) is 29.4 Å². The number of pyridine rings is 1. The third-order valence-electron chi connectivity index (χ3n) is 7.85. The number of nitrogens with zero attached hydrogens (tertiary/aromatic N) is 4. The van der Waals surface area contributed by atoms with Crippen LogP contribution in [0.4, 0.5) is 10.2 Å². The fourth-order valence-corrected chi connectivity index (χ4v) is 6.85. The molecule has 0 radical (unpaired) electrons. The summed E-state index contributed by atoms with van der Waals surface area (Å²) in [5, 5.41) is 9.87. The van der Waals surface area contributed by atoms with E-state index in [1.165, 1.54) is 34.4 Å². The van der Waals surface area contributed by atoms with Crippen molar-refractivity contribution in [2.45, 2.75) is 46.2 Å². The maximum atomic E-state index is 13.5. The highest BCUT2D eigenvalue weighted by atomic mass is 32.2. The molecule has 210 valence electrons. The van der Waals surface area contributed by atoms with Crippen LogP contribution in [0.25, 0.3) is 6.08 Å². The molecule has 0 bridgehead atoms. The molecule has 0 spiro atoms. The number of amides is 1. The van der Waals surface area contributed by atoms with E-state index in [9.17, 15) is 19.2 Å². The minimum atomic E-state index is -0.342. The number of carbonyl (C=O) groups is 1. The molecule has 0 unspecified atom stereocenters. The number of hydrogen-bond donors (Lipinski definition) is 0. The summed E-state index contributed by atoms with van der Waals surface area (Å²) >= 11 is 6.75. The molecular weight excluding hydrogens is 556 g/mol. The first-order valence-electron chi connectivity index (χ1n) is 13.8. The lowest BCUT2D eigenvalue weighted by Gasteiger charge is -2.36. The molecule has 1 amide bonds. The Morgan fingerprint density at radius 1 is 1.07 bits per heavy atom. The van der Waals surface area contributed by atoms with Crippen LogP contribution >= 0.6 is 24.0 Å². The van der Waals surface area contributed by atoms with Crippen LogP contribution in [0.1, 0.15) is 47.6 Å². The number of aromatic nitrogens is 1. The van der Waals surface area contributed by atoms with Crippen molar-refractivity contribution in [2.75, 3.05) is 18.0 Å². The quantitative estimate of drug-likeness (QED) is 0.248. The Balaban J connectivity index is 1.47. The number of rotatable bonds is 7. The van der Waals surface area contributed by atoms with Gasteiger partial charge in [-0.3, -0.25) is 19.1 Å². The average Bonchev–Trinajstić information content (AvgIpc) is 3.24. The van der Waals surface area contributed by atoms with E-state index in [1.807, 2.05) is 13.0 Å². The van der Waals surface area contributed by atoms with Crippen molar-refractivity contribution in [3.05, 3.63) is 103 Å². The molecule has 0 saturated carbocycles. The van der Waals surface area contributed by atoms with Crippen molar-refractivity contribution in [1.82, 2.24) is 9.47 Å². The molecule has 2 aliphatic rings. The van der Waals surface area contributed by atoms with Crippen molar-refractivity contribution < 1.29 is 9.18 Å². The predicted octanol–water partition coefficient (Wildman–Crippen LogP) is 6.05. The van der Waals surface area contributed by atoms with Gasteiger partial charge in [-0.05, 0) is 73.9 Å². The van der Waals surface area contributed by atoms with Gasteiger partial charge in [0.1, 0.15) is 27.6 Å². The summed E-state index contributed by atoms with van der Waals surface area (Å²) in [5.74, 6) is 0.700. The molecule has 3 aromatic rings. The zero-order chi connectivity index (χ0) is 29.1. The second kappa shape index (κ2) is 12.4. The highest BCUT2D eigenvalue weighted by molar-refractivity contribution is 8.26. The van der Waals surface area contributed by atoms with Gasteiger partial charge in [-0.15, -0.1) is 0 Å². The van der Waals surface area contributed by atoms with Crippen molar-refractivity contribution in [2.24, 2.45) is 5.92 Å². The number of benzene rings is 2. The molecular formula is C32H31FN4O2S2. The molecule has 0 N–H and O–H groups in total. The van der Waals surface area contributed by atoms with Crippen LogP contribution in [0.15, 0.2) is 64.3 Å². The first-order chi connectivity index (χ1) is 19.8. The van der Waals surface area contributed by atoms with Gasteiger partial charge in [-0.1, -0.05) is 66.4 Å². The molecule has 2 aliphatic heterocycles. The maximum absolute atomic E-state index is 13.5. The fourth-order valence-electron chi connectivity index (χ4n) is 5.61. The van der Waals surface area contributed by atoms with E-state index in [0.29, 0.717) is 32.8 Å². The van der Waals surface area contributed by atoms with Gasteiger partial charge in [-0.2, -0.15) is 5.26 Å². The van der Waals surface area contributed by atoms with Crippen LogP contribution < -0.4 is 10.5 Å². The van der Waals surface area contributed by atoms with Crippen molar-refractivity contribution in [3.8, 4) is 6.07 Å². The summed E-state index contributed by atoms with van der Waals surface area (Å²) < 4.78 is 15.5. The van der Waals surface area contributed by atoms with Crippen molar-refractivity contribution >= 4 is 46.1 Å². The number of piperidine rings is 1. The summed E-state index contributed by atoms with van der Waals surface area (Å²) in [6.07, 6.45) is 4.76. The number of anilines is 1. The molecule has 41 heavy (non-hydrogen) atoms. The maximum Gasteiger partial charge on any atom is 0.270 e. The molecule has 2 aromatic carbocycles. The largest absolute Gasteiger partial charge is 0.357 e. The lowest BCUT2D eigenvalue weighted by molar-refractivity contribution is -0.122. The van der Waals surface area contributed by atoms with Gasteiger partial charge in [0.15, 0.2) is 0 Å². The van der Waals surface area contributed by atoms with Crippen LogP contribution in [0.5, 0.6) is 0 Å². The number of nitriles is 1. The Bertz CT molecular complexity index is 1600. The predicted molar refractivity (Wildman–Crippen MR) is 166 cm³/mol. The molecule has 2 saturated heterocycles. The van der Waals surface area contributed by atoms with Gasteiger partial charge < -0.3 is 4.90 Å². The number of hydrogen-bond acceptors (Lipinski definition) is 6. The topological polar surface area (TPSA) is 69.3 Å². The van der Waals surface area contributed by atoms with E-state index in [1.54, 1.807) is 29.7 Å². The molecule has 9 heteroatoms. The summed E-state index contributed by atoms with van der Waals surface area (Å²) in [6.45, 7) is 5.86. The SMILES string of the molecule is CCn1c(N2CCC(Cc3ccccc3)CC2)c(C=C2SC(=S)N(Cc3ccc(F)cc3)C2=O)c(C)c(C#N)c1=O. The van der Waals surface area contributed by atoms with Crippen molar-refractivity contribution in [3.63, 3.8) is 0 Å². The van der Waals surface area contributed by atoms with Crippen molar-refractivity contribution in [1.29, 1.82) is 5.26 Å². The Labute approximate surface area is 249 Å². The van der Waals surface area contributed by atoms with E-state index in [4.69, 9.17) is 12.2 Å². The van der Waals surface area contributed by atoms with Gasteiger partial charge in [0, 0.05) is 25.2 Å². The highest BCUT2D eigenvalue weighted by Gasteiger charge is 2.34. The minimum absolute atomic E-state index is 0.0857. The number of halogens is 1. The highest BCUT2D eigenvalue weighted by Crippen LogP contribution is 2.37. The first kappa shape index (κ1) is 28.8. The minimum Gasteiger partial charge on any atom is -0.357 e. The summed E-state index contributed by atoms with van der Waals surface area (Å²) in [5.41, 5.74) is 3.14. The second-order valence-electron chi connectivity index (χ2n) is 10.4. The summed E-state index contributed by atoms with van der Waals surface area (Å²) in [4.78, 5) is 31.0. The van der Waals surface area contributed by atoms with E-state index in [0.717, 1.165) is 43.7 Å². The normalized spacial score (nSPS) is 17.0. The van der Waals surface area contributed by atoms with Crippen LogP contribution in [-0.4, -0.2) is 32.8 Å². The Morgan fingerprint density at radius 2 is 1.76 bits per heavy atom. The fraction of sp³-hybridized carbons (Fsp3) is 0.312. The van der Waals surface area contributed by atoms with Gasteiger partial charge in [0.05, 0.1) is 11.4 Å². The lowest BCUT2D eigenvalue weighted by Crippen LogP contribution is -2.39. The number of thioether (sulfide) groups is 1. The van der Waals surface area contributed by atoms with Gasteiger partial charge in [0.2, 0.25) is 0 Å². The van der Waals surface area contributed by atoms with Gasteiger partial charge in [0.25, 0.3) is 11.5 Å². The Kier molecular flexibility index (Phi) is 8.71.